The number of hydrogen-bond donors (Lipinski definition) is 0. The van der Waals surface area contributed by atoms with Crippen LogP contribution in [0.2, 0.25) is 0 Å². The topological polar surface area (TPSA) is 21.1 Å². The van der Waals surface area contributed by atoms with Crippen LogP contribution in [0.5, 0.6) is 0 Å². The molecule has 0 aliphatic carbocycles. The molecule has 3 nitrogen and oxygen atoms in total. The highest BCUT2D eigenvalue weighted by Gasteiger charge is 2.22. The van der Waals surface area contributed by atoms with E-state index in [0.717, 1.165) is 25.3 Å². The fourth-order valence-corrected chi connectivity index (χ4v) is 3.77. The minimum absolute atomic E-state index is 0.583. The fourth-order valence-electron chi connectivity index (χ4n) is 3.77. The number of aromatic nitrogens is 2. The summed E-state index contributed by atoms with van der Waals surface area (Å²) in [6.07, 6.45) is 8.60. The first-order valence-corrected chi connectivity index (χ1v) is 8.40. The highest BCUT2D eigenvalue weighted by atomic mass is 15.2. The first-order valence-electron chi connectivity index (χ1n) is 8.40. The van der Waals surface area contributed by atoms with Crippen molar-refractivity contribution >= 4 is 16.7 Å². The van der Waals surface area contributed by atoms with Gasteiger partial charge in [-0.2, -0.15) is 0 Å². The Kier molecular flexibility index (Phi) is 3.54. The van der Waals surface area contributed by atoms with E-state index >= 15 is 0 Å². The van der Waals surface area contributed by atoms with E-state index in [0.29, 0.717) is 6.54 Å². The molecule has 0 N–H and O–H groups in total. The minimum atomic E-state index is 0.583. The smallest absolute Gasteiger partial charge is 0.153 e. The molecule has 120 valence electrons. The van der Waals surface area contributed by atoms with Crippen molar-refractivity contribution in [3.05, 3.63) is 58.9 Å². The van der Waals surface area contributed by atoms with E-state index in [1.807, 2.05) is 6.20 Å². The van der Waals surface area contributed by atoms with Gasteiger partial charge in [0.2, 0.25) is 0 Å². The maximum atomic E-state index is 5.62. The summed E-state index contributed by atoms with van der Waals surface area (Å²) in [7, 11) is 0. The second-order valence-corrected chi connectivity index (χ2v) is 6.47. The van der Waals surface area contributed by atoms with E-state index in [4.69, 9.17) is 11.4 Å². The van der Waals surface area contributed by atoms with Gasteiger partial charge in [0.05, 0.1) is 12.1 Å². The van der Waals surface area contributed by atoms with Gasteiger partial charge in [0.25, 0.3) is 0 Å². The van der Waals surface area contributed by atoms with Gasteiger partial charge in [-0.3, -0.25) is 0 Å². The van der Waals surface area contributed by atoms with Crippen LogP contribution in [0.15, 0.2) is 36.5 Å². The van der Waals surface area contributed by atoms with E-state index in [1.165, 1.54) is 33.3 Å². The van der Waals surface area contributed by atoms with Crippen LogP contribution in [-0.4, -0.2) is 16.1 Å². The number of fused-ring (bicyclic) bond motifs is 2. The van der Waals surface area contributed by atoms with Gasteiger partial charge in [-0.15, -0.1) is 6.42 Å². The highest BCUT2D eigenvalue weighted by Crippen LogP contribution is 2.33. The average Bonchev–Trinajstić information content (AvgIpc) is 2.87. The lowest BCUT2D eigenvalue weighted by Gasteiger charge is -2.30. The summed E-state index contributed by atoms with van der Waals surface area (Å²) in [5, 5.41) is 1.26. The van der Waals surface area contributed by atoms with Gasteiger partial charge in [0.1, 0.15) is 0 Å². The zero-order valence-electron chi connectivity index (χ0n) is 14.2. The molecule has 0 spiro atoms. The summed E-state index contributed by atoms with van der Waals surface area (Å²) in [4.78, 5) is 7.12. The molecule has 0 bridgehead atoms. The Morgan fingerprint density at radius 2 is 1.96 bits per heavy atom. The lowest BCUT2D eigenvalue weighted by Crippen LogP contribution is -2.31. The Labute approximate surface area is 142 Å². The number of terminal acetylenes is 1. The Bertz CT molecular complexity index is 959. The van der Waals surface area contributed by atoms with E-state index in [-0.39, 0.29) is 0 Å². The summed E-state index contributed by atoms with van der Waals surface area (Å²) in [6.45, 7) is 6.78. The largest absolute Gasteiger partial charge is 0.350 e. The number of aryl methyl sites for hydroxylation is 1. The normalized spacial score (nSPS) is 13.8. The molecular weight excluding hydrogens is 294 g/mol. The van der Waals surface area contributed by atoms with Crippen molar-refractivity contribution in [2.45, 2.75) is 33.4 Å². The Balaban J connectivity index is 1.86. The van der Waals surface area contributed by atoms with Crippen LogP contribution in [0.3, 0.4) is 0 Å². The standard InChI is InChI=1S/C21H21N3/c1-4-12-24-16(3)15(2)19-9-11-22-21(20(19)24)23-13-10-17-7-5-6-8-18(17)14-23/h1,5-9,11H,10,12-14H2,2-3H3. The molecule has 1 aromatic carbocycles. The van der Waals surface area contributed by atoms with Gasteiger partial charge in [0, 0.05) is 30.4 Å². The molecule has 3 heteroatoms. The molecule has 0 saturated heterocycles. The van der Waals surface area contributed by atoms with Crippen molar-refractivity contribution in [2.24, 2.45) is 0 Å². The summed E-state index contributed by atoms with van der Waals surface area (Å²) < 4.78 is 2.23. The predicted molar refractivity (Wildman–Crippen MR) is 99.2 cm³/mol. The van der Waals surface area contributed by atoms with Crippen LogP contribution in [0.1, 0.15) is 22.4 Å². The van der Waals surface area contributed by atoms with E-state index < -0.39 is 0 Å². The van der Waals surface area contributed by atoms with Gasteiger partial charge in [-0.05, 0) is 43.0 Å². The van der Waals surface area contributed by atoms with Crippen molar-refractivity contribution in [3.8, 4) is 12.3 Å². The Morgan fingerprint density at radius 3 is 2.75 bits per heavy atom. The second kappa shape index (κ2) is 5.72. The van der Waals surface area contributed by atoms with E-state index in [1.54, 1.807) is 0 Å². The maximum Gasteiger partial charge on any atom is 0.153 e. The number of pyridine rings is 1. The van der Waals surface area contributed by atoms with Gasteiger partial charge >= 0.3 is 0 Å². The zero-order valence-corrected chi connectivity index (χ0v) is 14.2. The molecule has 0 fully saturated rings. The molecule has 0 atom stereocenters. The maximum absolute atomic E-state index is 5.62. The molecule has 0 amide bonds. The van der Waals surface area contributed by atoms with Gasteiger partial charge < -0.3 is 9.47 Å². The van der Waals surface area contributed by atoms with Crippen molar-refractivity contribution < 1.29 is 0 Å². The molecule has 0 radical (unpaired) electrons. The third-order valence-electron chi connectivity index (χ3n) is 5.21. The third kappa shape index (κ3) is 2.18. The zero-order chi connectivity index (χ0) is 16.7. The fraction of sp³-hybridized carbons (Fsp3) is 0.286. The number of nitrogens with zero attached hydrogens (tertiary/aromatic N) is 3. The predicted octanol–water partition coefficient (Wildman–Crippen LogP) is 3.85. The first-order chi connectivity index (χ1) is 11.7. The first kappa shape index (κ1) is 14.8. The molecule has 3 heterocycles. The van der Waals surface area contributed by atoms with Crippen LogP contribution in [0.25, 0.3) is 10.9 Å². The van der Waals surface area contributed by atoms with Crippen molar-refractivity contribution in [2.75, 3.05) is 11.4 Å². The molecule has 3 aromatic rings. The van der Waals surface area contributed by atoms with Gasteiger partial charge in [-0.1, -0.05) is 30.2 Å². The summed E-state index contributed by atoms with van der Waals surface area (Å²) in [5.74, 6) is 3.84. The third-order valence-corrected chi connectivity index (χ3v) is 5.21. The monoisotopic (exact) mass is 315 g/mol. The molecule has 4 rings (SSSR count). The van der Waals surface area contributed by atoms with Crippen LogP contribution in [-0.2, 0) is 19.5 Å². The Morgan fingerprint density at radius 1 is 1.17 bits per heavy atom. The van der Waals surface area contributed by atoms with Gasteiger partial charge in [-0.25, -0.2) is 4.98 Å². The molecule has 1 aliphatic heterocycles. The molecule has 0 saturated carbocycles. The van der Waals surface area contributed by atoms with Crippen LogP contribution >= 0.6 is 0 Å². The number of benzene rings is 1. The Hall–Kier alpha value is -2.73. The van der Waals surface area contributed by atoms with Crippen LogP contribution < -0.4 is 4.90 Å². The number of anilines is 1. The van der Waals surface area contributed by atoms with E-state index in [9.17, 15) is 0 Å². The quantitative estimate of drug-likeness (QED) is 0.670. The van der Waals surface area contributed by atoms with Gasteiger partial charge in [0.15, 0.2) is 5.82 Å². The summed E-state index contributed by atoms with van der Waals surface area (Å²) in [5.41, 5.74) is 6.54. The van der Waals surface area contributed by atoms with Crippen molar-refractivity contribution in [3.63, 3.8) is 0 Å². The molecule has 24 heavy (non-hydrogen) atoms. The lowest BCUT2D eigenvalue weighted by atomic mass is 10.00. The molecule has 2 aromatic heterocycles. The van der Waals surface area contributed by atoms with Crippen molar-refractivity contribution in [1.29, 1.82) is 0 Å². The van der Waals surface area contributed by atoms with Crippen LogP contribution in [0, 0.1) is 26.2 Å². The summed E-state index contributed by atoms with van der Waals surface area (Å²) in [6, 6.07) is 10.8. The SMILES string of the molecule is C#CCn1c(C)c(C)c2ccnc(N3CCc4ccccc4C3)c21. The highest BCUT2D eigenvalue weighted by molar-refractivity contribution is 5.93. The molecular formula is C21H21N3. The summed E-state index contributed by atoms with van der Waals surface area (Å²) >= 11 is 0. The lowest BCUT2D eigenvalue weighted by molar-refractivity contribution is 0.719. The van der Waals surface area contributed by atoms with E-state index in [2.05, 4.69) is 59.6 Å². The molecule has 1 aliphatic rings. The second-order valence-electron chi connectivity index (χ2n) is 6.47. The molecule has 0 unspecified atom stereocenters. The number of rotatable bonds is 2. The minimum Gasteiger partial charge on any atom is -0.350 e. The number of hydrogen-bond acceptors (Lipinski definition) is 2. The van der Waals surface area contributed by atoms with Crippen molar-refractivity contribution in [1.82, 2.24) is 9.55 Å². The van der Waals surface area contributed by atoms with Crippen LogP contribution in [0.4, 0.5) is 5.82 Å². The average molecular weight is 315 g/mol.